The van der Waals surface area contributed by atoms with Crippen molar-refractivity contribution in [3.05, 3.63) is 57.6 Å². The first-order chi connectivity index (χ1) is 12.6. The predicted molar refractivity (Wildman–Crippen MR) is 105 cm³/mol. The van der Waals surface area contributed by atoms with Crippen LogP contribution < -0.4 is 14.9 Å². The fourth-order valence-electron chi connectivity index (χ4n) is 2.14. The van der Waals surface area contributed by atoms with Crippen LogP contribution in [0, 0.1) is 0 Å². The van der Waals surface area contributed by atoms with Gasteiger partial charge in [0.15, 0.2) is 11.5 Å². The van der Waals surface area contributed by atoms with Gasteiger partial charge in [-0.3, -0.25) is 4.79 Å². The minimum Gasteiger partial charge on any atom is -0.490 e. The summed E-state index contributed by atoms with van der Waals surface area (Å²) in [6.45, 7) is 4.91. The van der Waals surface area contributed by atoms with Crippen molar-refractivity contribution in [2.24, 2.45) is 5.10 Å². The number of halogens is 2. The van der Waals surface area contributed by atoms with E-state index in [1.54, 1.807) is 36.4 Å². The Hall–Kier alpha value is -2.24. The van der Waals surface area contributed by atoms with E-state index in [2.05, 4.69) is 10.5 Å². The zero-order valence-corrected chi connectivity index (χ0v) is 16.1. The van der Waals surface area contributed by atoms with Gasteiger partial charge in [0.05, 0.1) is 35.0 Å². The smallest absolute Gasteiger partial charge is 0.272 e. The molecule has 1 N–H and O–H groups in total. The van der Waals surface area contributed by atoms with Gasteiger partial charge in [-0.1, -0.05) is 42.3 Å². The van der Waals surface area contributed by atoms with Gasteiger partial charge in [-0.15, -0.1) is 0 Å². The second-order valence-corrected chi connectivity index (χ2v) is 6.10. The fraction of sp³-hybridized carbons (Fsp3) is 0.263. The number of hydrazone groups is 1. The monoisotopic (exact) mass is 394 g/mol. The summed E-state index contributed by atoms with van der Waals surface area (Å²) in [5.74, 6) is 0.644. The molecule has 0 spiro atoms. The Labute approximate surface area is 162 Å². The molecule has 5 nitrogen and oxygen atoms in total. The summed E-state index contributed by atoms with van der Waals surface area (Å²) in [5, 5.41) is 4.74. The standard InChI is InChI=1S/C19H20Cl2N2O3/c1-3-9-26-18-16(21)10-13(11-17(18)25-4-2)12-22-23-19(24)14-7-5-6-8-15(14)20/h5-8,10-12H,3-4,9H2,1-2H3,(H,23,24)/b22-12-. The van der Waals surface area contributed by atoms with E-state index in [-0.39, 0.29) is 0 Å². The second kappa shape index (κ2) is 10.0. The van der Waals surface area contributed by atoms with E-state index in [0.717, 1.165) is 6.42 Å². The van der Waals surface area contributed by atoms with Gasteiger partial charge in [-0.25, -0.2) is 5.43 Å². The summed E-state index contributed by atoms with van der Waals surface area (Å²) in [7, 11) is 0. The van der Waals surface area contributed by atoms with Gasteiger partial charge in [-0.05, 0) is 43.2 Å². The van der Waals surface area contributed by atoms with Gasteiger partial charge in [0.25, 0.3) is 5.91 Å². The molecule has 0 radical (unpaired) electrons. The number of ether oxygens (including phenoxy) is 2. The van der Waals surface area contributed by atoms with E-state index in [4.69, 9.17) is 32.7 Å². The number of nitrogens with zero attached hydrogens (tertiary/aromatic N) is 1. The first kappa shape index (κ1) is 20.1. The maximum Gasteiger partial charge on any atom is 0.272 e. The first-order valence-corrected chi connectivity index (χ1v) is 8.99. The molecule has 0 saturated heterocycles. The van der Waals surface area contributed by atoms with Crippen LogP contribution >= 0.6 is 23.2 Å². The Bertz CT molecular complexity index is 794. The van der Waals surface area contributed by atoms with Crippen LogP contribution in [0.5, 0.6) is 11.5 Å². The molecule has 0 saturated carbocycles. The highest BCUT2D eigenvalue weighted by Gasteiger charge is 2.12. The lowest BCUT2D eigenvalue weighted by Gasteiger charge is -2.13. The van der Waals surface area contributed by atoms with Crippen LogP contribution in [0.2, 0.25) is 10.0 Å². The topological polar surface area (TPSA) is 59.9 Å². The molecule has 2 rings (SSSR count). The number of rotatable bonds is 8. The molecule has 0 aliphatic carbocycles. The maximum atomic E-state index is 12.1. The minimum atomic E-state index is -0.397. The highest BCUT2D eigenvalue weighted by Crippen LogP contribution is 2.36. The SMILES string of the molecule is CCCOc1c(Cl)cc(/C=N\NC(=O)c2ccccc2Cl)cc1OCC. The maximum absolute atomic E-state index is 12.1. The molecule has 0 aliphatic heterocycles. The van der Waals surface area contributed by atoms with Crippen LogP contribution in [-0.4, -0.2) is 25.3 Å². The molecule has 0 bridgehead atoms. The molecule has 1 amide bonds. The van der Waals surface area contributed by atoms with Gasteiger partial charge >= 0.3 is 0 Å². The summed E-state index contributed by atoms with van der Waals surface area (Å²) >= 11 is 12.3. The third kappa shape index (κ3) is 5.38. The average molecular weight is 395 g/mol. The largest absolute Gasteiger partial charge is 0.490 e. The number of carbonyl (C=O) groups is 1. The van der Waals surface area contributed by atoms with Crippen molar-refractivity contribution in [2.75, 3.05) is 13.2 Å². The summed E-state index contributed by atoms with van der Waals surface area (Å²) in [5.41, 5.74) is 3.46. The van der Waals surface area contributed by atoms with E-state index >= 15 is 0 Å². The summed E-state index contributed by atoms with van der Waals surface area (Å²) in [6, 6.07) is 10.2. The third-order valence-corrected chi connectivity index (χ3v) is 3.89. The van der Waals surface area contributed by atoms with Crippen molar-refractivity contribution in [1.29, 1.82) is 0 Å². The van der Waals surface area contributed by atoms with E-state index in [9.17, 15) is 4.79 Å². The zero-order valence-electron chi connectivity index (χ0n) is 14.6. The molecule has 7 heteroatoms. The highest BCUT2D eigenvalue weighted by molar-refractivity contribution is 6.34. The van der Waals surface area contributed by atoms with Crippen molar-refractivity contribution < 1.29 is 14.3 Å². The van der Waals surface area contributed by atoms with Crippen molar-refractivity contribution in [1.82, 2.24) is 5.43 Å². The quantitative estimate of drug-likeness (QED) is 0.509. The van der Waals surface area contributed by atoms with Crippen molar-refractivity contribution in [2.45, 2.75) is 20.3 Å². The lowest BCUT2D eigenvalue weighted by molar-refractivity contribution is 0.0955. The van der Waals surface area contributed by atoms with Crippen LogP contribution in [0.4, 0.5) is 0 Å². The molecule has 0 fully saturated rings. The van der Waals surface area contributed by atoms with E-state index in [0.29, 0.717) is 45.9 Å². The van der Waals surface area contributed by atoms with Gasteiger partial charge in [0.2, 0.25) is 0 Å². The predicted octanol–water partition coefficient (Wildman–Crippen LogP) is 4.94. The highest BCUT2D eigenvalue weighted by atomic mass is 35.5. The number of amides is 1. The van der Waals surface area contributed by atoms with E-state index in [1.807, 2.05) is 13.8 Å². The minimum absolute atomic E-state index is 0.350. The van der Waals surface area contributed by atoms with Crippen molar-refractivity contribution >= 4 is 35.3 Å². The molecule has 0 unspecified atom stereocenters. The summed E-state index contributed by atoms with van der Waals surface area (Å²) in [4.78, 5) is 12.1. The Kier molecular flexibility index (Phi) is 7.75. The van der Waals surface area contributed by atoms with Gasteiger partial charge in [0.1, 0.15) is 0 Å². The van der Waals surface area contributed by atoms with E-state index < -0.39 is 5.91 Å². The fourth-order valence-corrected chi connectivity index (χ4v) is 2.64. The lowest BCUT2D eigenvalue weighted by Crippen LogP contribution is -2.17. The molecule has 26 heavy (non-hydrogen) atoms. The van der Waals surface area contributed by atoms with Crippen LogP contribution in [0.1, 0.15) is 36.2 Å². The molecule has 0 aliphatic rings. The van der Waals surface area contributed by atoms with Crippen molar-refractivity contribution in [3.8, 4) is 11.5 Å². The third-order valence-electron chi connectivity index (χ3n) is 3.28. The summed E-state index contributed by atoms with van der Waals surface area (Å²) < 4.78 is 11.2. The number of hydrogen-bond donors (Lipinski definition) is 1. The van der Waals surface area contributed by atoms with Gasteiger partial charge in [-0.2, -0.15) is 5.10 Å². The molecule has 0 atom stereocenters. The van der Waals surface area contributed by atoms with Gasteiger partial charge in [0, 0.05) is 0 Å². The van der Waals surface area contributed by atoms with E-state index in [1.165, 1.54) is 6.21 Å². The Balaban J connectivity index is 2.14. The summed E-state index contributed by atoms with van der Waals surface area (Å²) in [6.07, 6.45) is 2.34. The van der Waals surface area contributed by atoms with Crippen LogP contribution in [-0.2, 0) is 0 Å². The lowest BCUT2D eigenvalue weighted by atomic mass is 10.2. The van der Waals surface area contributed by atoms with Crippen LogP contribution in [0.3, 0.4) is 0 Å². The molecular weight excluding hydrogens is 375 g/mol. The molecule has 0 aromatic heterocycles. The van der Waals surface area contributed by atoms with Gasteiger partial charge < -0.3 is 9.47 Å². The van der Waals surface area contributed by atoms with Crippen LogP contribution in [0.25, 0.3) is 0 Å². The Morgan fingerprint density at radius 2 is 1.92 bits per heavy atom. The number of benzene rings is 2. The molecular formula is C19H20Cl2N2O3. The average Bonchev–Trinajstić information content (AvgIpc) is 2.61. The molecule has 2 aromatic carbocycles. The zero-order chi connectivity index (χ0) is 18.9. The molecule has 138 valence electrons. The van der Waals surface area contributed by atoms with Crippen molar-refractivity contribution in [3.63, 3.8) is 0 Å². The normalized spacial score (nSPS) is 10.8. The number of carbonyl (C=O) groups excluding carboxylic acids is 1. The number of nitrogens with one attached hydrogen (secondary N) is 1. The first-order valence-electron chi connectivity index (χ1n) is 8.23. The molecule has 0 heterocycles. The Morgan fingerprint density at radius 3 is 2.62 bits per heavy atom. The molecule has 2 aromatic rings. The van der Waals surface area contributed by atoms with Crippen LogP contribution in [0.15, 0.2) is 41.5 Å². The Morgan fingerprint density at radius 1 is 1.15 bits per heavy atom. The second-order valence-electron chi connectivity index (χ2n) is 5.29. The number of hydrogen-bond acceptors (Lipinski definition) is 4.